The molecule has 0 saturated heterocycles. The average molecular weight is 255 g/mol. The second kappa shape index (κ2) is 10.9. The highest BCUT2D eigenvalue weighted by molar-refractivity contribution is 4.73. The summed E-state index contributed by atoms with van der Waals surface area (Å²) in [5.74, 6) is 3.72. The van der Waals surface area contributed by atoms with Crippen LogP contribution in [0.3, 0.4) is 0 Å². The minimum Gasteiger partial charge on any atom is -0.0654 e. The Morgan fingerprint density at radius 1 is 0.667 bits per heavy atom. The molecule has 0 fully saturated rings. The van der Waals surface area contributed by atoms with E-state index in [0.29, 0.717) is 0 Å². The quantitative estimate of drug-likeness (QED) is 0.385. The summed E-state index contributed by atoms with van der Waals surface area (Å²) in [6, 6.07) is 0. The van der Waals surface area contributed by atoms with Crippen LogP contribution in [0, 0.1) is 23.7 Å². The van der Waals surface area contributed by atoms with Crippen LogP contribution < -0.4 is 0 Å². The highest BCUT2D eigenvalue weighted by Gasteiger charge is 2.22. The topological polar surface area (TPSA) is 0 Å². The van der Waals surface area contributed by atoms with Crippen molar-refractivity contribution in [1.82, 2.24) is 0 Å². The molecule has 110 valence electrons. The third-order valence-electron chi connectivity index (χ3n) is 4.73. The van der Waals surface area contributed by atoms with Gasteiger partial charge in [0.15, 0.2) is 0 Å². The lowest BCUT2D eigenvalue weighted by Gasteiger charge is -2.30. The van der Waals surface area contributed by atoms with Crippen molar-refractivity contribution in [3.05, 3.63) is 0 Å². The average Bonchev–Trinajstić information content (AvgIpc) is 2.33. The smallest absolute Gasteiger partial charge is 0.0383 e. The predicted octanol–water partition coefficient (Wildman–Crippen LogP) is 6.69. The first-order valence-electron chi connectivity index (χ1n) is 8.56. The summed E-state index contributed by atoms with van der Waals surface area (Å²) in [5, 5.41) is 0. The Bertz CT molecular complexity index is 171. The van der Waals surface area contributed by atoms with Gasteiger partial charge in [0.05, 0.1) is 0 Å². The second-order valence-electron chi connectivity index (χ2n) is 6.70. The predicted molar refractivity (Wildman–Crippen MR) is 84.9 cm³/mol. The first kappa shape index (κ1) is 18.0. The van der Waals surface area contributed by atoms with E-state index in [1.54, 1.807) is 0 Å². The van der Waals surface area contributed by atoms with Crippen LogP contribution in [-0.2, 0) is 0 Å². The Morgan fingerprint density at radius 2 is 1.22 bits per heavy atom. The molecular weight excluding hydrogens is 216 g/mol. The molecule has 0 heterocycles. The van der Waals surface area contributed by atoms with E-state index >= 15 is 0 Å². The Kier molecular flexibility index (Phi) is 10.9. The van der Waals surface area contributed by atoms with Crippen molar-refractivity contribution >= 4 is 0 Å². The zero-order valence-corrected chi connectivity index (χ0v) is 14.0. The third-order valence-corrected chi connectivity index (χ3v) is 4.73. The number of hydrogen-bond acceptors (Lipinski definition) is 0. The Hall–Kier alpha value is 0. The summed E-state index contributed by atoms with van der Waals surface area (Å²) >= 11 is 0. The van der Waals surface area contributed by atoms with E-state index < -0.39 is 0 Å². The van der Waals surface area contributed by atoms with E-state index in [1.165, 1.54) is 51.4 Å². The molecule has 18 heavy (non-hydrogen) atoms. The van der Waals surface area contributed by atoms with Crippen LogP contribution >= 0.6 is 0 Å². The van der Waals surface area contributed by atoms with Crippen LogP contribution in [0.2, 0.25) is 0 Å². The number of unbranched alkanes of at least 4 members (excludes halogenated alkanes) is 1. The molecule has 0 spiro atoms. The molecule has 0 bridgehead atoms. The van der Waals surface area contributed by atoms with Crippen LogP contribution in [0.1, 0.15) is 92.9 Å². The molecule has 0 amide bonds. The SMILES string of the molecule is CCCCC(CCC)C(CCC)CC(C)C(C)C. The molecule has 3 atom stereocenters. The van der Waals surface area contributed by atoms with E-state index in [9.17, 15) is 0 Å². The molecule has 0 rings (SSSR count). The molecular formula is C18H38. The lowest BCUT2D eigenvalue weighted by atomic mass is 9.75. The normalized spacial score (nSPS) is 16.8. The summed E-state index contributed by atoms with van der Waals surface area (Å²) in [4.78, 5) is 0. The Morgan fingerprint density at radius 3 is 1.67 bits per heavy atom. The van der Waals surface area contributed by atoms with Crippen molar-refractivity contribution in [3.63, 3.8) is 0 Å². The Balaban J connectivity index is 4.46. The molecule has 0 aromatic carbocycles. The van der Waals surface area contributed by atoms with Crippen molar-refractivity contribution in [2.75, 3.05) is 0 Å². The monoisotopic (exact) mass is 254 g/mol. The lowest BCUT2D eigenvalue weighted by Crippen LogP contribution is -2.20. The van der Waals surface area contributed by atoms with Crippen LogP contribution in [0.5, 0.6) is 0 Å². The molecule has 0 nitrogen and oxygen atoms in total. The van der Waals surface area contributed by atoms with E-state index in [2.05, 4.69) is 41.5 Å². The van der Waals surface area contributed by atoms with Crippen LogP contribution in [0.15, 0.2) is 0 Å². The van der Waals surface area contributed by atoms with Gasteiger partial charge < -0.3 is 0 Å². The summed E-state index contributed by atoms with van der Waals surface area (Å²) in [5.41, 5.74) is 0. The van der Waals surface area contributed by atoms with Crippen LogP contribution in [0.25, 0.3) is 0 Å². The van der Waals surface area contributed by atoms with E-state index in [0.717, 1.165) is 23.7 Å². The van der Waals surface area contributed by atoms with Crippen molar-refractivity contribution in [2.45, 2.75) is 92.9 Å². The molecule has 0 heteroatoms. The molecule has 0 aromatic heterocycles. The van der Waals surface area contributed by atoms with Gasteiger partial charge in [-0.25, -0.2) is 0 Å². The molecule has 0 aliphatic heterocycles. The molecule has 0 saturated carbocycles. The highest BCUT2D eigenvalue weighted by atomic mass is 14.3. The number of rotatable bonds is 11. The maximum atomic E-state index is 2.45. The first-order chi connectivity index (χ1) is 8.56. The van der Waals surface area contributed by atoms with E-state index in [-0.39, 0.29) is 0 Å². The van der Waals surface area contributed by atoms with Gasteiger partial charge in [-0.1, -0.05) is 86.5 Å². The fourth-order valence-corrected chi connectivity index (χ4v) is 3.12. The summed E-state index contributed by atoms with van der Waals surface area (Å²) in [6.07, 6.45) is 11.4. The van der Waals surface area contributed by atoms with Crippen molar-refractivity contribution in [3.8, 4) is 0 Å². The van der Waals surface area contributed by atoms with E-state index in [1.807, 2.05) is 0 Å². The van der Waals surface area contributed by atoms with Crippen molar-refractivity contribution < 1.29 is 0 Å². The summed E-state index contributed by atoms with van der Waals surface area (Å²) < 4.78 is 0. The summed E-state index contributed by atoms with van der Waals surface area (Å²) in [6.45, 7) is 14.3. The van der Waals surface area contributed by atoms with Gasteiger partial charge in [-0.15, -0.1) is 0 Å². The van der Waals surface area contributed by atoms with Crippen molar-refractivity contribution in [2.24, 2.45) is 23.7 Å². The standard InChI is InChI=1S/C18H38/c1-7-10-13-17(11-8-2)18(12-9-3)14-16(6)15(4)5/h15-18H,7-14H2,1-6H3. The zero-order chi connectivity index (χ0) is 14.0. The first-order valence-corrected chi connectivity index (χ1v) is 8.56. The maximum Gasteiger partial charge on any atom is -0.0383 e. The molecule has 0 aliphatic rings. The largest absolute Gasteiger partial charge is 0.0654 e. The van der Waals surface area contributed by atoms with E-state index in [4.69, 9.17) is 0 Å². The third kappa shape index (κ3) is 7.44. The van der Waals surface area contributed by atoms with Gasteiger partial charge in [0, 0.05) is 0 Å². The number of hydrogen-bond donors (Lipinski definition) is 0. The van der Waals surface area contributed by atoms with Gasteiger partial charge in [-0.05, 0) is 30.1 Å². The molecule has 0 radical (unpaired) electrons. The summed E-state index contributed by atoms with van der Waals surface area (Å²) in [7, 11) is 0. The molecule has 0 N–H and O–H groups in total. The van der Waals surface area contributed by atoms with Gasteiger partial charge in [-0.3, -0.25) is 0 Å². The highest BCUT2D eigenvalue weighted by Crippen LogP contribution is 2.34. The molecule has 3 unspecified atom stereocenters. The minimum absolute atomic E-state index is 0.845. The van der Waals surface area contributed by atoms with Gasteiger partial charge in [0.2, 0.25) is 0 Å². The van der Waals surface area contributed by atoms with Gasteiger partial charge in [-0.2, -0.15) is 0 Å². The fourth-order valence-electron chi connectivity index (χ4n) is 3.12. The van der Waals surface area contributed by atoms with Crippen molar-refractivity contribution in [1.29, 1.82) is 0 Å². The molecule has 0 aromatic rings. The second-order valence-corrected chi connectivity index (χ2v) is 6.70. The maximum absolute atomic E-state index is 2.45. The minimum atomic E-state index is 0.845. The molecule has 0 aliphatic carbocycles. The van der Waals surface area contributed by atoms with Gasteiger partial charge in [0.25, 0.3) is 0 Å². The zero-order valence-electron chi connectivity index (χ0n) is 14.0. The van der Waals surface area contributed by atoms with Crippen LogP contribution in [0.4, 0.5) is 0 Å². The van der Waals surface area contributed by atoms with Crippen LogP contribution in [-0.4, -0.2) is 0 Å². The lowest BCUT2D eigenvalue weighted by molar-refractivity contribution is 0.205. The van der Waals surface area contributed by atoms with Gasteiger partial charge >= 0.3 is 0 Å². The Labute approximate surface area is 117 Å². The fraction of sp³-hybridized carbons (Fsp3) is 1.00. The van der Waals surface area contributed by atoms with Gasteiger partial charge in [0.1, 0.15) is 0 Å².